The summed E-state index contributed by atoms with van der Waals surface area (Å²) in [7, 11) is 0. The third-order valence-electron chi connectivity index (χ3n) is 0.426. The molecule has 21 heavy (non-hydrogen) atoms. The van der Waals surface area contributed by atoms with E-state index < -0.39 is 0 Å². The van der Waals surface area contributed by atoms with Gasteiger partial charge in [0.05, 0.1) is 0 Å². The quantitative estimate of drug-likeness (QED) is 0.543. The molecule has 0 aliphatic rings. The minimum absolute atomic E-state index is 0. The Hall–Kier alpha value is 0.120. The van der Waals surface area contributed by atoms with E-state index in [1.807, 2.05) is 13.8 Å². The van der Waals surface area contributed by atoms with Crippen molar-refractivity contribution in [2.75, 3.05) is 13.1 Å². The normalized spacial score (nSPS) is 4.24. The van der Waals surface area contributed by atoms with Crippen molar-refractivity contribution in [3.8, 4) is 0 Å². The van der Waals surface area contributed by atoms with Crippen LogP contribution in [0.5, 0.6) is 0 Å². The summed E-state index contributed by atoms with van der Waals surface area (Å²) in [5, 5.41) is 2.57. The number of rotatable bonds is 1. The van der Waals surface area contributed by atoms with Crippen LogP contribution in [-0.2, 0) is 9.59 Å². The fourth-order valence-corrected chi connectivity index (χ4v) is 0.249. The van der Waals surface area contributed by atoms with Crippen LogP contribution in [0.2, 0.25) is 0 Å². The van der Waals surface area contributed by atoms with Gasteiger partial charge in [0.1, 0.15) is 0 Å². The second-order valence-corrected chi connectivity index (χ2v) is 2.11. The maximum Gasteiger partial charge on any atom is 2.00 e. The number of primary amides is 1. The molecule has 0 radical (unpaired) electrons. The number of hydrogen-bond acceptors (Lipinski definition) is 4. The number of nitrogens with one attached hydrogen (secondary N) is 1. The molecular formula is C14H48CaN4O2+2. The summed E-state index contributed by atoms with van der Waals surface area (Å²) in [6.45, 7) is 8.08. The second kappa shape index (κ2) is 88.4. The molecule has 0 saturated heterocycles. The predicted molar refractivity (Wildman–Crippen MR) is 105 cm³/mol. The predicted octanol–water partition coefficient (Wildman–Crippen LogP) is 3.20. The van der Waals surface area contributed by atoms with Crippen molar-refractivity contribution in [2.45, 2.75) is 72.3 Å². The molecule has 0 aromatic rings. The van der Waals surface area contributed by atoms with Crippen molar-refractivity contribution in [3.05, 3.63) is 0 Å². The molecule has 0 aromatic heterocycles. The van der Waals surface area contributed by atoms with Gasteiger partial charge in [-0.15, -0.1) is 0 Å². The van der Waals surface area contributed by atoms with Gasteiger partial charge in [0.2, 0.25) is 11.8 Å². The van der Waals surface area contributed by atoms with Gasteiger partial charge in [0.25, 0.3) is 0 Å². The summed E-state index contributed by atoms with van der Waals surface area (Å²) in [5.41, 5.74) is 9.32. The molecule has 0 aliphatic carbocycles. The summed E-state index contributed by atoms with van der Waals surface area (Å²) in [6.07, 6.45) is 0. The van der Waals surface area contributed by atoms with Crippen LogP contribution >= 0.6 is 0 Å². The van der Waals surface area contributed by atoms with Crippen LogP contribution in [0, 0.1) is 0 Å². The Labute approximate surface area is 166 Å². The van der Waals surface area contributed by atoms with Crippen molar-refractivity contribution in [2.24, 2.45) is 11.5 Å². The number of hydrogen-bond donors (Lipinski definition) is 4. The van der Waals surface area contributed by atoms with Crippen molar-refractivity contribution < 1.29 is 9.59 Å². The Bertz CT molecular complexity index is 134. The van der Waals surface area contributed by atoms with E-state index in [1.54, 1.807) is 0 Å². The Kier molecular flexibility index (Phi) is 352. The van der Waals surface area contributed by atoms with E-state index >= 15 is 0 Å². The fraction of sp³-hybridized carbons (Fsp3) is 0.857. The molecule has 0 spiro atoms. The SMILES string of the molecule is C.C.C.C.C.C.CC(N)=O.CCN.CCNC(C)=O.N.[Ca+2]. The van der Waals surface area contributed by atoms with Gasteiger partial charge < -0.3 is 22.9 Å². The molecule has 136 valence electrons. The van der Waals surface area contributed by atoms with Crippen LogP contribution in [0.15, 0.2) is 0 Å². The molecule has 7 heteroatoms. The molecule has 0 aromatic carbocycles. The van der Waals surface area contributed by atoms with Gasteiger partial charge in [-0.25, -0.2) is 0 Å². The fourth-order valence-electron chi connectivity index (χ4n) is 0.249. The van der Waals surface area contributed by atoms with Crippen molar-refractivity contribution in [1.82, 2.24) is 11.5 Å². The summed E-state index contributed by atoms with van der Waals surface area (Å²) in [5.74, 6) is -0.294. The van der Waals surface area contributed by atoms with Gasteiger partial charge in [-0.05, 0) is 13.5 Å². The van der Waals surface area contributed by atoms with Crippen LogP contribution < -0.4 is 22.9 Å². The molecule has 0 saturated carbocycles. The average Bonchev–Trinajstić information content (AvgIpc) is 1.86. The first-order valence-corrected chi connectivity index (χ1v) is 4.12. The average molecular weight is 345 g/mol. The van der Waals surface area contributed by atoms with Crippen molar-refractivity contribution in [1.29, 1.82) is 0 Å². The molecule has 0 bridgehead atoms. The van der Waals surface area contributed by atoms with Crippen molar-refractivity contribution >= 4 is 49.6 Å². The topological polar surface area (TPSA) is 133 Å². The molecule has 6 nitrogen and oxygen atoms in total. The standard InChI is InChI=1S/C4H9NO.C2H5NO.C2H7N.6CH4.Ca.H3N/c1-3-5-4(2)6;1-2(3)4;1-2-3;;;;;;;;/h3H2,1-2H3,(H,5,6);1H3,(H2,3,4);2-3H2,1H3;6*1H4;;1H3/q;;;;;;;;;+2;. The van der Waals surface area contributed by atoms with E-state index in [2.05, 4.69) is 11.1 Å². The molecular weight excluding hydrogens is 296 g/mol. The molecule has 0 atom stereocenters. The summed E-state index contributed by atoms with van der Waals surface area (Å²) in [4.78, 5) is 19.2. The number of carbonyl (C=O) groups is 2. The molecule has 0 fully saturated rings. The minimum atomic E-state index is -0.333. The van der Waals surface area contributed by atoms with Crippen LogP contribution in [0.1, 0.15) is 72.3 Å². The zero-order valence-electron chi connectivity index (χ0n) is 10.3. The molecule has 8 N–H and O–H groups in total. The molecule has 0 heterocycles. The largest absolute Gasteiger partial charge is 2.00 e. The van der Waals surface area contributed by atoms with Gasteiger partial charge in [-0.2, -0.15) is 0 Å². The van der Waals surface area contributed by atoms with Gasteiger partial charge >= 0.3 is 37.7 Å². The monoisotopic (exact) mass is 344 g/mol. The van der Waals surface area contributed by atoms with Gasteiger partial charge in [-0.1, -0.05) is 51.5 Å². The van der Waals surface area contributed by atoms with E-state index in [0.29, 0.717) is 0 Å². The van der Waals surface area contributed by atoms with Crippen molar-refractivity contribution in [3.63, 3.8) is 0 Å². The Balaban J connectivity index is -0.00000000690. The van der Waals surface area contributed by atoms with E-state index in [4.69, 9.17) is 5.73 Å². The van der Waals surface area contributed by atoms with E-state index in [1.165, 1.54) is 13.8 Å². The first kappa shape index (κ1) is 83.5. The van der Waals surface area contributed by atoms with E-state index in [-0.39, 0.29) is 100 Å². The summed E-state index contributed by atoms with van der Waals surface area (Å²) < 4.78 is 0. The zero-order valence-corrected chi connectivity index (χ0v) is 12.5. The molecule has 0 rings (SSSR count). The van der Waals surface area contributed by atoms with E-state index in [9.17, 15) is 9.59 Å². The first-order valence-electron chi connectivity index (χ1n) is 4.12. The van der Waals surface area contributed by atoms with Crippen LogP contribution in [0.25, 0.3) is 0 Å². The van der Waals surface area contributed by atoms with E-state index in [0.717, 1.165) is 13.1 Å². The number of carbonyl (C=O) groups excluding carboxylic acids is 2. The van der Waals surface area contributed by atoms with Gasteiger partial charge in [-0.3, -0.25) is 9.59 Å². The smallest absolute Gasteiger partial charge is 0.370 e. The summed E-state index contributed by atoms with van der Waals surface area (Å²) >= 11 is 0. The minimum Gasteiger partial charge on any atom is -0.370 e. The summed E-state index contributed by atoms with van der Waals surface area (Å²) in [6, 6.07) is 0. The molecule has 0 unspecified atom stereocenters. The Morgan fingerprint density at radius 2 is 1.05 bits per heavy atom. The van der Waals surface area contributed by atoms with Crippen LogP contribution in [0.3, 0.4) is 0 Å². The number of nitrogens with two attached hydrogens (primary N) is 2. The second-order valence-electron chi connectivity index (χ2n) is 2.11. The first-order chi connectivity index (χ1) is 5.92. The molecule has 2 amide bonds. The molecule has 0 aliphatic heterocycles. The Morgan fingerprint density at radius 1 is 0.905 bits per heavy atom. The number of amides is 2. The van der Waals surface area contributed by atoms with Crippen LogP contribution in [-0.4, -0.2) is 62.6 Å². The Morgan fingerprint density at radius 3 is 1.05 bits per heavy atom. The maximum absolute atomic E-state index is 9.93. The maximum atomic E-state index is 9.93. The third-order valence-corrected chi connectivity index (χ3v) is 0.426. The zero-order chi connectivity index (χ0) is 11.3. The van der Waals surface area contributed by atoms with Gasteiger partial charge in [0.15, 0.2) is 0 Å². The third kappa shape index (κ3) is 679. The van der Waals surface area contributed by atoms with Crippen LogP contribution in [0.4, 0.5) is 0 Å². The van der Waals surface area contributed by atoms with Gasteiger partial charge in [0, 0.05) is 20.4 Å².